The van der Waals surface area contributed by atoms with Crippen molar-refractivity contribution in [2.24, 2.45) is 5.92 Å². The number of pyridine rings is 2. The zero-order valence-corrected chi connectivity index (χ0v) is 31.2. The Morgan fingerprint density at radius 1 is 0.896 bits per heavy atom. The average molecular weight is 692 g/mol. The minimum atomic E-state index is 0.616. The van der Waals surface area contributed by atoms with E-state index in [1.165, 1.54) is 18.4 Å². The van der Waals surface area contributed by atoms with Crippen molar-refractivity contribution in [2.75, 3.05) is 57.8 Å². The van der Waals surface area contributed by atoms with Gasteiger partial charge in [0.2, 0.25) is 0 Å². The molecule has 0 atom stereocenters. The van der Waals surface area contributed by atoms with Crippen molar-refractivity contribution in [3.8, 4) is 11.3 Å². The number of piperidine rings is 1. The summed E-state index contributed by atoms with van der Waals surface area (Å²) in [4.78, 5) is 17.1. The molecule has 1 aromatic carbocycles. The molecule has 2 saturated heterocycles. The molecule has 2 aliphatic rings. The maximum Gasteiger partial charge on any atom is 0.128 e. The highest BCUT2D eigenvalue weighted by atomic mass is 35.5. The Morgan fingerprint density at radius 2 is 1.54 bits per heavy atom. The van der Waals surface area contributed by atoms with E-state index >= 15 is 0 Å². The minimum Gasteiger partial charge on any atom is -0.389 e. The summed E-state index contributed by atoms with van der Waals surface area (Å²) >= 11 is 12.7. The molecule has 4 heterocycles. The van der Waals surface area contributed by atoms with Crippen molar-refractivity contribution in [1.82, 2.24) is 25.1 Å². The van der Waals surface area contributed by atoms with Crippen LogP contribution in [0.15, 0.2) is 86.2 Å². The molecule has 0 amide bonds. The lowest BCUT2D eigenvalue weighted by molar-refractivity contribution is 0.177. The van der Waals surface area contributed by atoms with Crippen LogP contribution in [0.25, 0.3) is 11.3 Å². The highest BCUT2D eigenvalue weighted by molar-refractivity contribution is 6.35. The fraction of sp³-hybridized carbons (Fsp3) is 0.450. The first-order chi connectivity index (χ1) is 23.2. The summed E-state index contributed by atoms with van der Waals surface area (Å²) in [6.07, 6.45) is 11.0. The third-order valence-corrected chi connectivity index (χ3v) is 8.94. The monoisotopic (exact) mass is 690 g/mol. The van der Waals surface area contributed by atoms with E-state index in [9.17, 15) is 0 Å². The lowest BCUT2D eigenvalue weighted by Crippen LogP contribution is -2.44. The molecule has 6 nitrogen and oxygen atoms in total. The third-order valence-electron chi connectivity index (χ3n) is 8.50. The van der Waals surface area contributed by atoms with Crippen LogP contribution >= 0.6 is 23.2 Å². The number of likely N-dealkylation sites (N-methyl/N-ethyl adjacent to an activating group) is 1. The van der Waals surface area contributed by atoms with Gasteiger partial charge in [-0.25, -0.2) is 4.98 Å². The minimum absolute atomic E-state index is 0.616. The van der Waals surface area contributed by atoms with Crippen molar-refractivity contribution in [2.45, 2.75) is 59.4 Å². The Labute approximate surface area is 300 Å². The maximum atomic E-state index is 6.36. The fourth-order valence-corrected chi connectivity index (χ4v) is 6.32. The molecule has 2 aromatic heterocycles. The predicted molar refractivity (Wildman–Crippen MR) is 208 cm³/mol. The zero-order valence-electron chi connectivity index (χ0n) is 29.7. The van der Waals surface area contributed by atoms with Crippen LogP contribution in [-0.4, -0.2) is 72.6 Å². The average Bonchev–Trinajstić information content (AvgIpc) is 3.08. The number of likely N-dealkylation sites (tertiary alicyclic amines) is 1. The topological polar surface area (TPSA) is 47.5 Å². The van der Waals surface area contributed by atoms with Crippen LogP contribution in [0.1, 0.15) is 63.3 Å². The smallest absolute Gasteiger partial charge is 0.128 e. The normalized spacial score (nSPS) is 15.4. The summed E-state index contributed by atoms with van der Waals surface area (Å²) in [6, 6.07) is 14.4. The number of allylic oxidation sites excluding steroid dienone is 3. The van der Waals surface area contributed by atoms with Gasteiger partial charge in [-0.3, -0.25) is 9.88 Å². The van der Waals surface area contributed by atoms with E-state index in [-0.39, 0.29) is 0 Å². The van der Waals surface area contributed by atoms with Gasteiger partial charge in [0.1, 0.15) is 5.82 Å². The fourth-order valence-electron chi connectivity index (χ4n) is 5.80. The lowest BCUT2D eigenvalue weighted by Gasteiger charge is -2.33. The Morgan fingerprint density at radius 3 is 2.10 bits per heavy atom. The molecule has 3 aromatic rings. The van der Waals surface area contributed by atoms with Crippen molar-refractivity contribution in [1.29, 1.82) is 0 Å². The first-order valence-corrected chi connectivity index (χ1v) is 18.2. The van der Waals surface area contributed by atoms with E-state index < -0.39 is 0 Å². The van der Waals surface area contributed by atoms with Crippen LogP contribution in [0.3, 0.4) is 0 Å². The van der Waals surface area contributed by atoms with Crippen molar-refractivity contribution in [3.05, 3.63) is 113 Å². The highest BCUT2D eigenvalue weighted by Crippen LogP contribution is 2.29. The molecule has 260 valence electrons. The predicted octanol–water partition coefficient (Wildman–Crippen LogP) is 9.29. The number of nitrogens with one attached hydrogen (secondary N) is 1. The number of nitrogens with zero attached hydrogens (tertiary/aromatic N) is 5. The largest absolute Gasteiger partial charge is 0.389 e. The highest BCUT2D eigenvalue weighted by Gasteiger charge is 2.20. The lowest BCUT2D eigenvalue weighted by atomic mass is 9.96. The first-order valence-electron chi connectivity index (χ1n) is 17.4. The number of aromatic nitrogens is 2. The summed E-state index contributed by atoms with van der Waals surface area (Å²) < 4.78 is 0. The number of halogens is 2. The Balaban J connectivity index is 0.000000705. The molecule has 0 radical (unpaired) electrons. The standard InChI is InChI=1S/C32H40Cl2N6.C6H10.C2H6/c1-23(2)35-20-24-6-8-39(9-7-24)22-26-15-30(37-31(16-26)27-17-28(33)19-29(34)18-27)14-25-4-5-32(36-21-25)40-12-10-38(3)11-13-40;1-3-5-6-4-2;1-2/h4-5,15-19,21,24,35H,1,6-14,20,22H2,2-3H3;3-4H,1-2,5-6H2;1-2H3. The summed E-state index contributed by atoms with van der Waals surface area (Å²) in [6.45, 7) is 25.4. The Bertz CT molecular complexity index is 1400. The van der Waals surface area contributed by atoms with Crippen molar-refractivity contribution >= 4 is 29.0 Å². The summed E-state index contributed by atoms with van der Waals surface area (Å²) in [5, 5.41) is 4.65. The Kier molecular flexibility index (Phi) is 17.2. The maximum absolute atomic E-state index is 6.36. The summed E-state index contributed by atoms with van der Waals surface area (Å²) in [7, 11) is 2.17. The van der Waals surface area contributed by atoms with Gasteiger partial charge in [-0.2, -0.15) is 0 Å². The van der Waals surface area contributed by atoms with E-state index in [4.69, 9.17) is 33.2 Å². The van der Waals surface area contributed by atoms with E-state index in [0.717, 1.165) is 106 Å². The molecule has 2 aliphatic heterocycles. The number of hydrogen-bond acceptors (Lipinski definition) is 6. The molecule has 2 fully saturated rings. The number of benzene rings is 1. The van der Waals surface area contributed by atoms with Gasteiger partial charge in [0.25, 0.3) is 0 Å². The second-order valence-electron chi connectivity index (χ2n) is 12.5. The molecular weight excluding hydrogens is 635 g/mol. The van der Waals surface area contributed by atoms with Crippen LogP contribution in [0.2, 0.25) is 10.0 Å². The number of anilines is 1. The van der Waals surface area contributed by atoms with Gasteiger partial charge >= 0.3 is 0 Å². The number of rotatable bonds is 12. The molecular formula is C40H56Cl2N6. The molecule has 0 spiro atoms. The quantitative estimate of drug-likeness (QED) is 0.151. The van der Waals surface area contributed by atoms with Gasteiger partial charge in [-0.1, -0.05) is 61.8 Å². The van der Waals surface area contributed by atoms with E-state index in [1.807, 2.05) is 51.3 Å². The first kappa shape index (κ1) is 39.3. The molecule has 0 bridgehead atoms. The summed E-state index contributed by atoms with van der Waals surface area (Å²) in [5.74, 6) is 1.75. The van der Waals surface area contributed by atoms with E-state index in [2.05, 4.69) is 71.1 Å². The van der Waals surface area contributed by atoms with Gasteiger partial charge in [0.05, 0.1) is 5.69 Å². The molecule has 0 unspecified atom stereocenters. The van der Waals surface area contributed by atoms with Crippen molar-refractivity contribution in [3.63, 3.8) is 0 Å². The molecule has 48 heavy (non-hydrogen) atoms. The number of hydrogen-bond donors (Lipinski definition) is 1. The number of piperazine rings is 1. The van der Waals surface area contributed by atoms with Crippen LogP contribution in [0, 0.1) is 5.92 Å². The SMILES string of the molecule is C=C(C)NCC1CCN(Cc2cc(Cc3ccc(N4CCN(C)CC4)nc3)nc(-c3cc(Cl)cc(Cl)c3)c2)CC1.C=CCCC=C.CC. The second kappa shape index (κ2) is 21.0. The van der Waals surface area contributed by atoms with Gasteiger partial charge < -0.3 is 15.1 Å². The Hall–Kier alpha value is -3.16. The van der Waals surface area contributed by atoms with E-state index in [0.29, 0.717) is 16.0 Å². The van der Waals surface area contributed by atoms with Crippen LogP contribution in [-0.2, 0) is 13.0 Å². The van der Waals surface area contributed by atoms with Crippen molar-refractivity contribution < 1.29 is 0 Å². The summed E-state index contributed by atoms with van der Waals surface area (Å²) in [5.41, 5.74) is 6.33. The molecule has 1 N–H and O–H groups in total. The van der Waals surface area contributed by atoms with Gasteiger partial charge in [0.15, 0.2) is 0 Å². The third kappa shape index (κ3) is 13.4. The van der Waals surface area contributed by atoms with Gasteiger partial charge in [0, 0.05) is 78.9 Å². The zero-order chi connectivity index (χ0) is 34.9. The van der Waals surface area contributed by atoms with E-state index in [1.54, 1.807) is 6.07 Å². The number of unbranched alkanes of at least 4 members (excludes halogenated alkanes) is 1. The molecule has 8 heteroatoms. The molecule has 0 saturated carbocycles. The molecule has 0 aliphatic carbocycles. The van der Waals surface area contributed by atoms with Gasteiger partial charge in [-0.05, 0) is 106 Å². The second-order valence-corrected chi connectivity index (χ2v) is 13.4. The molecule has 5 rings (SSSR count). The van der Waals surface area contributed by atoms with Crippen LogP contribution in [0.5, 0.6) is 0 Å². The van der Waals surface area contributed by atoms with Crippen LogP contribution < -0.4 is 10.2 Å². The van der Waals surface area contributed by atoms with Crippen LogP contribution in [0.4, 0.5) is 5.82 Å². The van der Waals surface area contributed by atoms with Gasteiger partial charge in [-0.15, -0.1) is 13.2 Å².